The number of hydrogen-bond donors (Lipinski definition) is 0. The predicted molar refractivity (Wildman–Crippen MR) is 49.6 cm³/mol. The topological polar surface area (TPSA) is 30.8 Å². The Balaban J connectivity index is 2.38. The zero-order chi connectivity index (χ0) is 10.8. The molecular formula is C10H9F2NO2. The van der Waals surface area contributed by atoms with Gasteiger partial charge in [0.1, 0.15) is 23.8 Å². The highest BCUT2D eigenvalue weighted by molar-refractivity contribution is 5.95. The van der Waals surface area contributed by atoms with Crippen molar-refractivity contribution in [2.24, 2.45) is 4.99 Å². The number of hydrogen-bond acceptors (Lipinski definition) is 3. The summed E-state index contributed by atoms with van der Waals surface area (Å²) in [6, 6.07) is 3.60. The summed E-state index contributed by atoms with van der Waals surface area (Å²) >= 11 is 0. The first kappa shape index (κ1) is 10.0. The van der Waals surface area contributed by atoms with Gasteiger partial charge in [-0.05, 0) is 12.1 Å². The first-order valence-electron chi connectivity index (χ1n) is 4.40. The molecule has 0 aliphatic carbocycles. The van der Waals surface area contributed by atoms with Gasteiger partial charge in [-0.15, -0.1) is 0 Å². The van der Waals surface area contributed by atoms with Crippen LogP contribution in [0.4, 0.5) is 8.78 Å². The van der Waals surface area contributed by atoms with E-state index < -0.39 is 17.9 Å². The van der Waals surface area contributed by atoms with E-state index in [4.69, 9.17) is 9.47 Å². The number of aliphatic imine (C=N–C) groups is 1. The molecule has 1 aliphatic heterocycles. The third kappa shape index (κ3) is 1.83. The largest absolute Gasteiger partial charge is 0.472 e. The molecule has 0 saturated carbocycles. The third-order valence-corrected chi connectivity index (χ3v) is 2.07. The number of methoxy groups -OCH3 is 1. The number of ether oxygens (including phenoxy) is 2. The van der Waals surface area contributed by atoms with Crippen LogP contribution in [0.15, 0.2) is 23.2 Å². The Morgan fingerprint density at radius 1 is 1.40 bits per heavy atom. The van der Waals surface area contributed by atoms with Crippen LogP contribution in [0.25, 0.3) is 0 Å². The second-order valence-electron chi connectivity index (χ2n) is 3.03. The fraction of sp³-hybridized carbons (Fsp3) is 0.300. The second kappa shape index (κ2) is 3.94. The minimum Gasteiger partial charge on any atom is -0.472 e. The van der Waals surface area contributed by atoms with E-state index in [0.29, 0.717) is 0 Å². The van der Waals surface area contributed by atoms with Gasteiger partial charge in [-0.1, -0.05) is 6.07 Å². The third-order valence-electron chi connectivity index (χ3n) is 2.07. The fourth-order valence-corrected chi connectivity index (χ4v) is 1.32. The number of benzene rings is 1. The van der Waals surface area contributed by atoms with Gasteiger partial charge >= 0.3 is 0 Å². The van der Waals surface area contributed by atoms with E-state index in [2.05, 4.69) is 4.99 Å². The first-order chi connectivity index (χ1) is 7.22. The van der Waals surface area contributed by atoms with Crippen molar-refractivity contribution in [3.63, 3.8) is 0 Å². The Morgan fingerprint density at radius 2 is 2.07 bits per heavy atom. The average Bonchev–Trinajstić information content (AvgIpc) is 2.66. The highest BCUT2D eigenvalue weighted by Gasteiger charge is 2.24. The maximum Gasteiger partial charge on any atom is 0.224 e. The average molecular weight is 213 g/mol. The van der Waals surface area contributed by atoms with Crippen molar-refractivity contribution in [3.05, 3.63) is 35.4 Å². The van der Waals surface area contributed by atoms with Gasteiger partial charge in [0.2, 0.25) is 5.90 Å². The molecule has 5 heteroatoms. The highest BCUT2D eigenvalue weighted by atomic mass is 19.1. The molecule has 80 valence electrons. The van der Waals surface area contributed by atoms with Gasteiger partial charge in [0.05, 0.1) is 0 Å². The molecule has 0 amide bonds. The molecule has 15 heavy (non-hydrogen) atoms. The van der Waals surface area contributed by atoms with Gasteiger partial charge in [-0.25, -0.2) is 13.8 Å². The number of rotatable bonds is 2. The summed E-state index contributed by atoms with van der Waals surface area (Å²) in [5.41, 5.74) is -0.239. The molecule has 0 fully saturated rings. The molecule has 1 aromatic carbocycles. The monoisotopic (exact) mass is 213 g/mol. The smallest absolute Gasteiger partial charge is 0.224 e. The van der Waals surface area contributed by atoms with Gasteiger partial charge in [0.15, 0.2) is 6.23 Å². The summed E-state index contributed by atoms with van der Waals surface area (Å²) in [5, 5.41) is 0. The molecule has 1 heterocycles. The van der Waals surface area contributed by atoms with Gasteiger partial charge in [0, 0.05) is 7.11 Å². The lowest BCUT2D eigenvalue weighted by Gasteiger charge is -2.03. The Hall–Kier alpha value is -1.49. The molecule has 1 unspecified atom stereocenters. The van der Waals surface area contributed by atoms with Crippen LogP contribution < -0.4 is 0 Å². The Bertz CT molecular complexity index is 386. The lowest BCUT2D eigenvalue weighted by atomic mass is 10.2. The van der Waals surface area contributed by atoms with E-state index in [9.17, 15) is 8.78 Å². The minimum atomic E-state index is -0.689. The Morgan fingerprint density at radius 3 is 2.60 bits per heavy atom. The van der Waals surface area contributed by atoms with Crippen LogP contribution >= 0.6 is 0 Å². The van der Waals surface area contributed by atoms with E-state index in [-0.39, 0.29) is 18.1 Å². The van der Waals surface area contributed by atoms with Crippen molar-refractivity contribution in [1.82, 2.24) is 0 Å². The first-order valence-corrected chi connectivity index (χ1v) is 4.40. The summed E-state index contributed by atoms with van der Waals surface area (Å²) in [6.45, 7) is 0.180. The molecule has 1 aliphatic rings. The predicted octanol–water partition coefficient (Wildman–Crippen LogP) is 1.71. The summed E-state index contributed by atoms with van der Waals surface area (Å²) in [5.74, 6) is -1.42. The zero-order valence-electron chi connectivity index (χ0n) is 8.04. The van der Waals surface area contributed by atoms with E-state index in [1.165, 1.54) is 13.2 Å². The quantitative estimate of drug-likeness (QED) is 0.748. The van der Waals surface area contributed by atoms with Crippen molar-refractivity contribution >= 4 is 5.90 Å². The normalized spacial score (nSPS) is 19.9. The molecule has 0 aromatic heterocycles. The van der Waals surface area contributed by atoms with Crippen molar-refractivity contribution < 1.29 is 18.3 Å². The Labute approximate surface area is 85.3 Å². The van der Waals surface area contributed by atoms with Crippen LogP contribution in [0.1, 0.15) is 5.56 Å². The van der Waals surface area contributed by atoms with E-state index >= 15 is 0 Å². The van der Waals surface area contributed by atoms with E-state index in [1.54, 1.807) is 0 Å². The van der Waals surface area contributed by atoms with Crippen molar-refractivity contribution in [2.45, 2.75) is 6.23 Å². The lowest BCUT2D eigenvalue weighted by Crippen LogP contribution is -2.08. The zero-order valence-corrected chi connectivity index (χ0v) is 8.04. The van der Waals surface area contributed by atoms with E-state index in [1.807, 2.05) is 0 Å². The van der Waals surface area contributed by atoms with Gasteiger partial charge in [-0.3, -0.25) is 0 Å². The summed E-state index contributed by atoms with van der Waals surface area (Å²) < 4.78 is 36.5. The molecule has 2 rings (SSSR count). The lowest BCUT2D eigenvalue weighted by molar-refractivity contribution is 0.0833. The van der Waals surface area contributed by atoms with Crippen molar-refractivity contribution in [1.29, 1.82) is 0 Å². The highest BCUT2D eigenvalue weighted by Crippen LogP contribution is 2.18. The molecular weight excluding hydrogens is 204 g/mol. The fourth-order valence-electron chi connectivity index (χ4n) is 1.32. The van der Waals surface area contributed by atoms with Gasteiger partial charge in [0.25, 0.3) is 0 Å². The number of nitrogens with zero attached hydrogens (tertiary/aromatic N) is 1. The molecule has 1 atom stereocenters. The van der Waals surface area contributed by atoms with Crippen LogP contribution in [0.3, 0.4) is 0 Å². The summed E-state index contributed by atoms with van der Waals surface area (Å²) in [4.78, 5) is 3.89. The molecule has 1 aromatic rings. The van der Waals surface area contributed by atoms with Gasteiger partial charge in [-0.2, -0.15) is 0 Å². The van der Waals surface area contributed by atoms with Crippen LogP contribution in [-0.2, 0) is 9.47 Å². The van der Waals surface area contributed by atoms with Crippen molar-refractivity contribution in [3.8, 4) is 0 Å². The van der Waals surface area contributed by atoms with E-state index in [0.717, 1.165) is 12.1 Å². The number of halogens is 2. The Kier molecular flexibility index (Phi) is 2.64. The van der Waals surface area contributed by atoms with Crippen LogP contribution in [-0.4, -0.2) is 25.8 Å². The SMILES string of the molecule is COC1COC(c2c(F)cccc2F)=N1. The van der Waals surface area contributed by atoms with Crippen LogP contribution in [0, 0.1) is 11.6 Å². The summed E-state index contributed by atoms with van der Waals surface area (Å²) in [6.07, 6.45) is -0.487. The standard InChI is InChI=1S/C10H9F2NO2/c1-14-8-5-15-10(13-8)9-6(11)3-2-4-7(9)12/h2-4,8H,5H2,1H3. The second-order valence-corrected chi connectivity index (χ2v) is 3.03. The van der Waals surface area contributed by atoms with Crippen LogP contribution in [0.5, 0.6) is 0 Å². The maximum atomic E-state index is 13.3. The minimum absolute atomic E-state index is 0.0440. The molecule has 3 nitrogen and oxygen atoms in total. The molecule has 0 radical (unpaired) electrons. The molecule has 0 saturated heterocycles. The molecule has 0 spiro atoms. The molecule has 0 N–H and O–H groups in total. The molecule has 0 bridgehead atoms. The van der Waals surface area contributed by atoms with Crippen LogP contribution in [0.2, 0.25) is 0 Å². The summed E-state index contributed by atoms with van der Waals surface area (Å²) in [7, 11) is 1.46. The maximum absolute atomic E-state index is 13.3. The van der Waals surface area contributed by atoms with Gasteiger partial charge < -0.3 is 9.47 Å². The van der Waals surface area contributed by atoms with Crippen molar-refractivity contribution in [2.75, 3.05) is 13.7 Å².